The highest BCUT2D eigenvalue weighted by molar-refractivity contribution is 6.31. The molecule has 0 aromatic heterocycles. The number of carbonyl (C=O) groups is 2. The number of amides is 2. The summed E-state index contributed by atoms with van der Waals surface area (Å²) in [6, 6.07) is 7.88. The maximum absolute atomic E-state index is 15.1. The topological polar surface area (TPSA) is 72.9 Å². The van der Waals surface area contributed by atoms with E-state index in [1.54, 1.807) is 0 Å². The van der Waals surface area contributed by atoms with Gasteiger partial charge in [-0.05, 0) is 107 Å². The van der Waals surface area contributed by atoms with Gasteiger partial charge in [0.25, 0.3) is 0 Å². The molecule has 0 radical (unpaired) electrons. The summed E-state index contributed by atoms with van der Waals surface area (Å²) in [6.07, 6.45) is 2.22. The number of hydrogen-bond acceptors (Lipinski definition) is 4. The van der Waals surface area contributed by atoms with E-state index in [1.165, 1.54) is 12.1 Å². The highest BCUT2D eigenvalue weighted by Gasteiger charge is 2.53. The summed E-state index contributed by atoms with van der Waals surface area (Å²) in [5.41, 5.74) is 1.69. The van der Waals surface area contributed by atoms with Crippen LogP contribution < -0.4 is 5.32 Å². The first kappa shape index (κ1) is 34.8. The van der Waals surface area contributed by atoms with Gasteiger partial charge in [-0.15, -0.1) is 0 Å². The lowest BCUT2D eigenvalue weighted by molar-refractivity contribution is -0.137. The number of nitrogens with zero attached hydrogens (tertiary/aromatic N) is 2. The van der Waals surface area contributed by atoms with Crippen LogP contribution in [0, 0.1) is 29.9 Å². The van der Waals surface area contributed by atoms with Crippen LogP contribution in [0.3, 0.4) is 0 Å². The van der Waals surface area contributed by atoms with Crippen molar-refractivity contribution >= 4 is 23.4 Å². The van der Waals surface area contributed by atoms with Crippen molar-refractivity contribution in [3.05, 3.63) is 69.2 Å². The van der Waals surface area contributed by atoms with Crippen molar-refractivity contribution in [1.82, 2.24) is 15.1 Å². The minimum atomic E-state index is -0.759. The van der Waals surface area contributed by atoms with Crippen molar-refractivity contribution in [1.29, 1.82) is 0 Å². The molecule has 2 saturated heterocycles. The van der Waals surface area contributed by atoms with E-state index in [-0.39, 0.29) is 41.2 Å². The zero-order valence-corrected chi connectivity index (χ0v) is 29.3. The van der Waals surface area contributed by atoms with E-state index in [4.69, 9.17) is 11.6 Å². The molecule has 46 heavy (non-hydrogen) atoms. The quantitative estimate of drug-likeness (QED) is 0.363. The summed E-state index contributed by atoms with van der Waals surface area (Å²) in [5.74, 6) is -2.21. The number of piperidine rings is 1. The Morgan fingerprint density at radius 1 is 1.00 bits per heavy atom. The average Bonchev–Trinajstić information content (AvgIpc) is 3.54. The number of aliphatic hydroxyl groups excluding tert-OH is 1. The fraction of sp³-hybridized carbons (Fsp3) is 0.622. The molecule has 0 saturated carbocycles. The first-order chi connectivity index (χ1) is 21.3. The van der Waals surface area contributed by atoms with Gasteiger partial charge in [0, 0.05) is 48.7 Å². The first-order valence-corrected chi connectivity index (χ1v) is 16.9. The standard InChI is InChI=1S/C37H50ClF2N3O3/c1-22-15-25-28(17-30(22)38)37(18-29(25)36(7,8)33(46)41-35(5,6)21-44)11-13-42(14-12-37)32(45)27-20-43(34(2,3)4)19-26(27)24-10-9-23(39)16-31(24)40/h9-10,15-17,26-27,29,44H,11-14,18-21H2,1-8H3,(H,41,46)/t26-,27+,29-/m0/s1. The molecule has 1 spiro atoms. The molecule has 2 heterocycles. The molecule has 2 N–H and O–H groups in total. The summed E-state index contributed by atoms with van der Waals surface area (Å²) in [4.78, 5) is 32.1. The van der Waals surface area contributed by atoms with Gasteiger partial charge in [-0.3, -0.25) is 14.5 Å². The van der Waals surface area contributed by atoms with Gasteiger partial charge in [-0.25, -0.2) is 8.78 Å². The van der Waals surface area contributed by atoms with Gasteiger partial charge in [0.2, 0.25) is 11.8 Å². The summed E-state index contributed by atoms with van der Waals surface area (Å²) >= 11 is 6.71. The number of nitrogens with one attached hydrogen (secondary N) is 1. The molecule has 2 amide bonds. The van der Waals surface area contributed by atoms with E-state index in [2.05, 4.69) is 43.1 Å². The predicted molar refractivity (Wildman–Crippen MR) is 178 cm³/mol. The Labute approximate surface area is 277 Å². The van der Waals surface area contributed by atoms with E-state index >= 15 is 4.39 Å². The van der Waals surface area contributed by atoms with Crippen LogP contribution in [0.5, 0.6) is 0 Å². The van der Waals surface area contributed by atoms with E-state index in [0.717, 1.165) is 42.0 Å². The molecule has 2 fully saturated rings. The normalized spacial score (nSPS) is 23.6. The van der Waals surface area contributed by atoms with Crippen molar-refractivity contribution in [2.45, 2.75) is 103 Å². The van der Waals surface area contributed by atoms with Crippen LogP contribution >= 0.6 is 11.6 Å². The van der Waals surface area contributed by atoms with Crippen molar-refractivity contribution in [2.75, 3.05) is 32.8 Å². The minimum Gasteiger partial charge on any atom is -0.394 e. The molecule has 5 rings (SSSR count). The van der Waals surface area contributed by atoms with Crippen LogP contribution in [0.2, 0.25) is 5.02 Å². The van der Waals surface area contributed by atoms with E-state index in [0.29, 0.717) is 36.8 Å². The third-order valence-electron chi connectivity index (χ3n) is 11.2. The van der Waals surface area contributed by atoms with Crippen molar-refractivity contribution in [2.24, 2.45) is 11.3 Å². The fourth-order valence-electron chi connectivity index (χ4n) is 7.95. The number of aryl methyl sites for hydroxylation is 1. The van der Waals surface area contributed by atoms with E-state index in [1.807, 2.05) is 39.5 Å². The lowest BCUT2D eigenvalue weighted by Gasteiger charge is -2.42. The summed E-state index contributed by atoms with van der Waals surface area (Å²) in [6.45, 7) is 17.8. The molecule has 2 aliphatic heterocycles. The van der Waals surface area contributed by atoms with Crippen LogP contribution in [0.1, 0.15) is 102 Å². The molecule has 2 aromatic rings. The Kier molecular flexibility index (Phi) is 9.19. The summed E-state index contributed by atoms with van der Waals surface area (Å²) in [5, 5.41) is 13.5. The third-order valence-corrected chi connectivity index (χ3v) is 11.6. The fourth-order valence-corrected chi connectivity index (χ4v) is 8.12. The Morgan fingerprint density at radius 3 is 2.24 bits per heavy atom. The second-order valence-corrected chi connectivity index (χ2v) is 16.6. The van der Waals surface area contributed by atoms with Crippen LogP contribution in [0.15, 0.2) is 30.3 Å². The van der Waals surface area contributed by atoms with Crippen molar-refractivity contribution < 1.29 is 23.5 Å². The van der Waals surface area contributed by atoms with Crippen LogP contribution in [-0.4, -0.2) is 70.6 Å². The molecule has 1 aliphatic carbocycles. The Bertz CT molecular complexity index is 1510. The second-order valence-electron chi connectivity index (χ2n) is 16.2. The Morgan fingerprint density at radius 2 is 1.65 bits per heavy atom. The molecule has 6 nitrogen and oxygen atoms in total. The van der Waals surface area contributed by atoms with E-state index < -0.39 is 28.5 Å². The molecular weight excluding hydrogens is 608 g/mol. The number of carbonyl (C=O) groups excluding carboxylic acids is 2. The van der Waals surface area contributed by atoms with Gasteiger partial charge in [-0.2, -0.15) is 0 Å². The molecular formula is C37H50ClF2N3O3. The highest BCUT2D eigenvalue weighted by atomic mass is 35.5. The number of aliphatic hydroxyl groups is 1. The number of fused-ring (bicyclic) bond motifs is 2. The van der Waals surface area contributed by atoms with Gasteiger partial charge in [-0.1, -0.05) is 37.6 Å². The number of halogens is 3. The molecule has 9 heteroatoms. The third kappa shape index (κ3) is 6.34. The number of likely N-dealkylation sites (tertiary alicyclic amines) is 2. The first-order valence-electron chi connectivity index (χ1n) is 16.5. The maximum atomic E-state index is 15.1. The molecule has 2 aromatic carbocycles. The molecule has 0 bridgehead atoms. The molecule has 0 unspecified atom stereocenters. The average molecular weight is 658 g/mol. The smallest absolute Gasteiger partial charge is 0.227 e. The van der Waals surface area contributed by atoms with Gasteiger partial charge >= 0.3 is 0 Å². The number of hydrogen-bond donors (Lipinski definition) is 2. The molecule has 3 atom stereocenters. The second kappa shape index (κ2) is 12.2. The van der Waals surface area contributed by atoms with Gasteiger partial charge in [0.05, 0.1) is 23.5 Å². The van der Waals surface area contributed by atoms with Crippen LogP contribution in [0.25, 0.3) is 0 Å². The number of benzene rings is 2. The minimum absolute atomic E-state index is 0.0120. The SMILES string of the molecule is Cc1cc2c(cc1Cl)C1(CCN(C(=O)[C@@H]3CN(C(C)(C)C)C[C@H]3c3ccc(F)cc3F)CC1)C[C@@H]2C(C)(C)C(=O)NC(C)(C)CO. The molecule has 3 aliphatic rings. The largest absolute Gasteiger partial charge is 0.394 e. The maximum Gasteiger partial charge on any atom is 0.227 e. The van der Waals surface area contributed by atoms with Gasteiger partial charge in [0.1, 0.15) is 11.6 Å². The Balaban J connectivity index is 1.40. The van der Waals surface area contributed by atoms with Crippen molar-refractivity contribution in [3.63, 3.8) is 0 Å². The Hall–Kier alpha value is -2.55. The van der Waals surface area contributed by atoms with Gasteiger partial charge in [0.15, 0.2) is 0 Å². The number of rotatable bonds is 6. The summed E-state index contributed by atoms with van der Waals surface area (Å²) in [7, 11) is 0. The van der Waals surface area contributed by atoms with Crippen LogP contribution in [0.4, 0.5) is 8.78 Å². The summed E-state index contributed by atoms with van der Waals surface area (Å²) < 4.78 is 28.9. The lowest BCUT2D eigenvalue weighted by atomic mass is 9.69. The zero-order chi connectivity index (χ0) is 34.0. The van der Waals surface area contributed by atoms with Crippen LogP contribution in [-0.2, 0) is 15.0 Å². The zero-order valence-electron chi connectivity index (χ0n) is 28.6. The highest BCUT2D eigenvalue weighted by Crippen LogP contribution is 2.58. The van der Waals surface area contributed by atoms with Gasteiger partial charge < -0.3 is 15.3 Å². The lowest BCUT2D eigenvalue weighted by Crippen LogP contribution is -2.52. The van der Waals surface area contributed by atoms with E-state index in [9.17, 15) is 19.1 Å². The molecule has 252 valence electrons. The van der Waals surface area contributed by atoms with Crippen molar-refractivity contribution in [3.8, 4) is 0 Å². The monoisotopic (exact) mass is 657 g/mol. The predicted octanol–water partition coefficient (Wildman–Crippen LogP) is 6.70.